The van der Waals surface area contributed by atoms with Gasteiger partial charge in [0.1, 0.15) is 0 Å². The first kappa shape index (κ1) is 13.5. The van der Waals surface area contributed by atoms with Gasteiger partial charge in [-0.3, -0.25) is 4.79 Å². The maximum absolute atomic E-state index is 11.7. The largest absolute Gasteiger partial charge is 0.493 e. The van der Waals surface area contributed by atoms with Gasteiger partial charge in [0, 0.05) is 29.9 Å². The van der Waals surface area contributed by atoms with Crippen molar-refractivity contribution in [1.82, 2.24) is 0 Å². The molecular formula is C15H19NO3. The number of anilines is 1. The van der Waals surface area contributed by atoms with Gasteiger partial charge in [-0.1, -0.05) is 0 Å². The zero-order chi connectivity index (χ0) is 13.7. The summed E-state index contributed by atoms with van der Waals surface area (Å²) in [5.74, 6) is 1.61. The standard InChI is InChI=1S/C15H19NO3/c1-18-14-8-7-12(9-15(14)19-2)16-10-11-5-3-4-6-13(11)17/h7-10,16H,3-6H2,1-2H3. The molecule has 1 N–H and O–H groups in total. The fourth-order valence-corrected chi connectivity index (χ4v) is 2.15. The van der Waals surface area contributed by atoms with Crippen molar-refractivity contribution in [3.63, 3.8) is 0 Å². The molecule has 0 spiro atoms. The minimum atomic E-state index is 0.249. The molecule has 1 aliphatic rings. The molecule has 1 aromatic rings. The van der Waals surface area contributed by atoms with E-state index in [1.807, 2.05) is 24.4 Å². The summed E-state index contributed by atoms with van der Waals surface area (Å²) in [6, 6.07) is 5.58. The zero-order valence-corrected chi connectivity index (χ0v) is 11.4. The number of hydrogen-bond donors (Lipinski definition) is 1. The van der Waals surface area contributed by atoms with E-state index in [1.54, 1.807) is 14.2 Å². The summed E-state index contributed by atoms with van der Waals surface area (Å²) in [6.45, 7) is 0. The molecule has 0 amide bonds. The maximum Gasteiger partial charge on any atom is 0.162 e. The summed E-state index contributed by atoms with van der Waals surface area (Å²) in [4.78, 5) is 11.7. The van der Waals surface area contributed by atoms with Gasteiger partial charge in [-0.2, -0.15) is 0 Å². The van der Waals surface area contributed by atoms with Crippen LogP contribution in [0, 0.1) is 0 Å². The van der Waals surface area contributed by atoms with Gasteiger partial charge in [0.2, 0.25) is 0 Å². The third-order valence-electron chi connectivity index (χ3n) is 3.25. The molecule has 4 nitrogen and oxygen atoms in total. The number of ether oxygens (including phenoxy) is 2. The molecule has 0 heterocycles. The predicted octanol–water partition coefficient (Wildman–Crippen LogP) is 3.14. The van der Waals surface area contributed by atoms with E-state index in [1.165, 1.54) is 0 Å². The molecular weight excluding hydrogens is 242 g/mol. The highest BCUT2D eigenvalue weighted by molar-refractivity contribution is 5.96. The van der Waals surface area contributed by atoms with E-state index >= 15 is 0 Å². The molecule has 1 aromatic carbocycles. The SMILES string of the molecule is COc1ccc(NC=C2CCCCC2=O)cc1OC. The first-order valence-electron chi connectivity index (χ1n) is 6.45. The average molecular weight is 261 g/mol. The summed E-state index contributed by atoms with van der Waals surface area (Å²) in [6.07, 6.45) is 5.43. The number of ketones is 1. The molecule has 1 aliphatic carbocycles. The van der Waals surface area contributed by atoms with Gasteiger partial charge in [-0.15, -0.1) is 0 Å². The topological polar surface area (TPSA) is 47.6 Å². The lowest BCUT2D eigenvalue weighted by molar-refractivity contribution is -0.116. The Kier molecular flexibility index (Phi) is 4.44. The number of benzene rings is 1. The van der Waals surface area contributed by atoms with E-state index in [0.29, 0.717) is 17.9 Å². The Morgan fingerprint density at radius 2 is 1.84 bits per heavy atom. The van der Waals surface area contributed by atoms with Crippen molar-refractivity contribution in [1.29, 1.82) is 0 Å². The van der Waals surface area contributed by atoms with Crippen LogP contribution >= 0.6 is 0 Å². The highest BCUT2D eigenvalue weighted by Gasteiger charge is 2.14. The van der Waals surface area contributed by atoms with Crippen LogP contribution in [0.1, 0.15) is 25.7 Å². The monoisotopic (exact) mass is 261 g/mol. The van der Waals surface area contributed by atoms with Crippen LogP contribution in [-0.4, -0.2) is 20.0 Å². The molecule has 1 fully saturated rings. The van der Waals surface area contributed by atoms with Crippen LogP contribution in [0.2, 0.25) is 0 Å². The van der Waals surface area contributed by atoms with Gasteiger partial charge in [0.15, 0.2) is 17.3 Å². The lowest BCUT2D eigenvalue weighted by atomic mass is 9.94. The number of carbonyl (C=O) groups is 1. The minimum absolute atomic E-state index is 0.249. The number of rotatable bonds is 4. The van der Waals surface area contributed by atoms with Crippen molar-refractivity contribution in [3.05, 3.63) is 30.0 Å². The first-order valence-corrected chi connectivity index (χ1v) is 6.45. The summed E-state index contributed by atoms with van der Waals surface area (Å²) in [5, 5.41) is 3.15. The van der Waals surface area contributed by atoms with E-state index < -0.39 is 0 Å². The Bertz CT molecular complexity index is 494. The molecule has 1 saturated carbocycles. The number of Topliss-reactive ketones (excluding diaryl/α,β-unsaturated/α-hetero) is 1. The molecule has 2 rings (SSSR count). The molecule has 0 unspecified atom stereocenters. The second-order valence-electron chi connectivity index (χ2n) is 4.51. The smallest absolute Gasteiger partial charge is 0.162 e. The van der Waals surface area contributed by atoms with Crippen LogP contribution in [-0.2, 0) is 4.79 Å². The fourth-order valence-electron chi connectivity index (χ4n) is 2.15. The third-order valence-corrected chi connectivity index (χ3v) is 3.25. The molecule has 0 atom stereocenters. The van der Waals surface area contributed by atoms with Gasteiger partial charge in [0.05, 0.1) is 14.2 Å². The van der Waals surface area contributed by atoms with Crippen LogP contribution in [0.15, 0.2) is 30.0 Å². The number of carbonyl (C=O) groups excluding carboxylic acids is 1. The average Bonchev–Trinajstić information content (AvgIpc) is 2.46. The van der Waals surface area contributed by atoms with Gasteiger partial charge in [-0.05, 0) is 31.4 Å². The van der Waals surface area contributed by atoms with E-state index in [4.69, 9.17) is 9.47 Å². The Morgan fingerprint density at radius 1 is 1.11 bits per heavy atom. The normalized spacial score (nSPS) is 17.4. The Balaban J connectivity index is 2.10. The highest BCUT2D eigenvalue weighted by atomic mass is 16.5. The summed E-state index contributed by atoms with van der Waals surface area (Å²) >= 11 is 0. The summed E-state index contributed by atoms with van der Waals surface area (Å²) in [5.41, 5.74) is 1.75. The van der Waals surface area contributed by atoms with Crippen LogP contribution < -0.4 is 14.8 Å². The molecule has 0 aromatic heterocycles. The molecule has 4 heteroatoms. The lowest BCUT2D eigenvalue weighted by Gasteiger charge is -2.13. The predicted molar refractivity (Wildman–Crippen MR) is 74.7 cm³/mol. The fraction of sp³-hybridized carbons (Fsp3) is 0.400. The quantitative estimate of drug-likeness (QED) is 0.846. The van der Waals surface area contributed by atoms with Crippen molar-refractivity contribution in [2.24, 2.45) is 0 Å². The highest BCUT2D eigenvalue weighted by Crippen LogP contribution is 2.30. The van der Waals surface area contributed by atoms with Crippen molar-refractivity contribution >= 4 is 11.5 Å². The Labute approximate surface area is 113 Å². The second kappa shape index (κ2) is 6.27. The van der Waals surface area contributed by atoms with E-state index in [9.17, 15) is 4.79 Å². The van der Waals surface area contributed by atoms with E-state index in [2.05, 4.69) is 5.32 Å². The van der Waals surface area contributed by atoms with Crippen molar-refractivity contribution in [2.75, 3.05) is 19.5 Å². The summed E-state index contributed by atoms with van der Waals surface area (Å²) in [7, 11) is 3.21. The molecule has 0 aliphatic heterocycles. The van der Waals surface area contributed by atoms with Gasteiger partial charge in [-0.25, -0.2) is 0 Å². The van der Waals surface area contributed by atoms with Crippen LogP contribution in [0.25, 0.3) is 0 Å². The van der Waals surface area contributed by atoms with Crippen molar-refractivity contribution < 1.29 is 14.3 Å². The minimum Gasteiger partial charge on any atom is -0.493 e. The van der Waals surface area contributed by atoms with Gasteiger partial charge in [0.25, 0.3) is 0 Å². The molecule has 0 bridgehead atoms. The lowest BCUT2D eigenvalue weighted by Crippen LogP contribution is -2.09. The number of hydrogen-bond acceptors (Lipinski definition) is 4. The number of nitrogens with one attached hydrogen (secondary N) is 1. The molecule has 0 saturated heterocycles. The van der Waals surface area contributed by atoms with Crippen LogP contribution in [0.4, 0.5) is 5.69 Å². The third kappa shape index (κ3) is 3.28. The Hall–Kier alpha value is -1.97. The zero-order valence-electron chi connectivity index (χ0n) is 11.4. The van der Waals surface area contributed by atoms with Gasteiger partial charge < -0.3 is 14.8 Å². The molecule has 19 heavy (non-hydrogen) atoms. The summed E-state index contributed by atoms with van der Waals surface area (Å²) < 4.78 is 10.4. The first-order chi connectivity index (χ1) is 9.24. The van der Waals surface area contributed by atoms with E-state index in [-0.39, 0.29) is 5.78 Å². The van der Waals surface area contributed by atoms with Gasteiger partial charge >= 0.3 is 0 Å². The second-order valence-corrected chi connectivity index (χ2v) is 4.51. The molecule has 102 valence electrons. The van der Waals surface area contributed by atoms with E-state index in [0.717, 1.165) is 30.5 Å². The Morgan fingerprint density at radius 3 is 2.53 bits per heavy atom. The maximum atomic E-state index is 11.7. The number of methoxy groups -OCH3 is 2. The number of allylic oxidation sites excluding steroid dienone is 1. The van der Waals surface area contributed by atoms with Crippen LogP contribution in [0.3, 0.4) is 0 Å². The van der Waals surface area contributed by atoms with Crippen molar-refractivity contribution in [3.8, 4) is 11.5 Å². The van der Waals surface area contributed by atoms with Crippen LogP contribution in [0.5, 0.6) is 11.5 Å². The van der Waals surface area contributed by atoms with Crippen molar-refractivity contribution in [2.45, 2.75) is 25.7 Å². The molecule has 0 radical (unpaired) electrons.